The van der Waals surface area contributed by atoms with E-state index < -0.39 is 0 Å². The first-order chi connectivity index (χ1) is 13.3. The zero-order valence-corrected chi connectivity index (χ0v) is 16.0. The predicted octanol–water partition coefficient (Wildman–Crippen LogP) is 5.18. The zero-order valence-electron chi connectivity index (χ0n) is 14.4. The third kappa shape index (κ3) is 4.27. The van der Waals surface area contributed by atoms with Crippen LogP contribution in [0.25, 0.3) is 11.3 Å². The number of aromatic nitrogens is 2. The minimum absolute atomic E-state index is 0.611. The first kappa shape index (κ1) is 17.5. The zero-order chi connectivity index (χ0) is 18.5. The standard InChI is InChI=1S/C21H17ClN4S/c22-18-10-8-17(9-11-18)20-15-27-21(24-13-16-5-2-1-3-6-16)26(20)25-14-19-7-4-12-23-19/h1-12,14-15,23H,13H2. The molecule has 0 amide bonds. The third-order valence-corrected chi connectivity index (χ3v) is 5.11. The summed E-state index contributed by atoms with van der Waals surface area (Å²) in [5.41, 5.74) is 4.12. The molecule has 0 bridgehead atoms. The molecule has 4 aromatic rings. The SMILES string of the molecule is Clc1ccc(-c2csc(=NCc3ccccc3)n2N=Cc2ccc[nH]2)cc1. The third-order valence-electron chi connectivity index (χ3n) is 4.00. The molecule has 4 rings (SSSR count). The van der Waals surface area contributed by atoms with Crippen molar-refractivity contribution in [1.82, 2.24) is 9.66 Å². The molecule has 2 aromatic carbocycles. The van der Waals surface area contributed by atoms with Crippen molar-refractivity contribution >= 4 is 29.2 Å². The van der Waals surface area contributed by atoms with Crippen LogP contribution in [0, 0.1) is 0 Å². The molecule has 0 radical (unpaired) electrons. The Morgan fingerprint density at radius 3 is 2.56 bits per heavy atom. The summed E-state index contributed by atoms with van der Waals surface area (Å²) in [4.78, 5) is 8.75. The highest BCUT2D eigenvalue weighted by atomic mass is 35.5. The van der Waals surface area contributed by atoms with Gasteiger partial charge in [-0.2, -0.15) is 5.10 Å². The Morgan fingerprint density at radius 2 is 1.81 bits per heavy atom. The Balaban J connectivity index is 1.75. The van der Waals surface area contributed by atoms with Gasteiger partial charge in [-0.05, 0) is 29.8 Å². The van der Waals surface area contributed by atoms with Crippen molar-refractivity contribution in [2.75, 3.05) is 0 Å². The van der Waals surface area contributed by atoms with E-state index >= 15 is 0 Å². The van der Waals surface area contributed by atoms with Gasteiger partial charge in [-0.3, -0.25) is 4.99 Å². The summed E-state index contributed by atoms with van der Waals surface area (Å²) in [5, 5.41) is 7.44. The highest BCUT2D eigenvalue weighted by Crippen LogP contribution is 2.22. The fraction of sp³-hybridized carbons (Fsp3) is 0.0476. The van der Waals surface area contributed by atoms with Crippen LogP contribution in [0.4, 0.5) is 0 Å². The number of thiazole rings is 1. The second kappa shape index (κ2) is 8.20. The molecule has 0 fully saturated rings. The smallest absolute Gasteiger partial charge is 0.206 e. The number of halogens is 1. The molecule has 2 aromatic heterocycles. The summed E-state index contributed by atoms with van der Waals surface area (Å²) in [5.74, 6) is 0. The maximum atomic E-state index is 6.03. The van der Waals surface area contributed by atoms with Gasteiger partial charge in [-0.1, -0.05) is 54.1 Å². The average molecular weight is 393 g/mol. The first-order valence-electron chi connectivity index (χ1n) is 8.48. The molecule has 0 saturated carbocycles. The van der Waals surface area contributed by atoms with Crippen LogP contribution < -0.4 is 4.80 Å². The first-order valence-corrected chi connectivity index (χ1v) is 9.74. The molecule has 27 heavy (non-hydrogen) atoms. The van der Waals surface area contributed by atoms with Crippen molar-refractivity contribution in [3.63, 3.8) is 0 Å². The van der Waals surface area contributed by atoms with Crippen molar-refractivity contribution in [3.8, 4) is 11.3 Å². The van der Waals surface area contributed by atoms with Crippen molar-refractivity contribution in [2.45, 2.75) is 6.54 Å². The van der Waals surface area contributed by atoms with Crippen molar-refractivity contribution in [2.24, 2.45) is 10.1 Å². The van der Waals surface area contributed by atoms with Crippen LogP contribution >= 0.6 is 22.9 Å². The highest BCUT2D eigenvalue weighted by Gasteiger charge is 2.07. The van der Waals surface area contributed by atoms with Crippen LogP contribution in [-0.2, 0) is 6.54 Å². The van der Waals surface area contributed by atoms with Gasteiger partial charge in [0.05, 0.1) is 24.1 Å². The van der Waals surface area contributed by atoms with E-state index in [1.54, 1.807) is 17.6 Å². The Labute approximate surface area is 166 Å². The summed E-state index contributed by atoms with van der Waals surface area (Å²) in [6.07, 6.45) is 3.67. The lowest BCUT2D eigenvalue weighted by Crippen LogP contribution is -2.12. The summed E-state index contributed by atoms with van der Waals surface area (Å²) in [6, 6.07) is 21.9. The van der Waals surface area contributed by atoms with Gasteiger partial charge in [0.2, 0.25) is 4.80 Å². The van der Waals surface area contributed by atoms with Gasteiger partial charge in [0, 0.05) is 22.2 Å². The maximum Gasteiger partial charge on any atom is 0.206 e. The molecule has 2 heterocycles. The Hall–Kier alpha value is -2.89. The molecule has 0 spiro atoms. The number of hydrogen-bond acceptors (Lipinski definition) is 3. The number of nitrogens with one attached hydrogen (secondary N) is 1. The van der Waals surface area contributed by atoms with Crippen LogP contribution in [0.1, 0.15) is 11.3 Å². The van der Waals surface area contributed by atoms with Crippen LogP contribution in [-0.4, -0.2) is 15.9 Å². The minimum atomic E-state index is 0.611. The minimum Gasteiger partial charge on any atom is -0.360 e. The van der Waals surface area contributed by atoms with Crippen molar-refractivity contribution in [1.29, 1.82) is 0 Å². The Morgan fingerprint density at radius 1 is 1.00 bits per heavy atom. The number of rotatable bonds is 5. The molecule has 1 N–H and O–H groups in total. The summed E-state index contributed by atoms with van der Waals surface area (Å²) in [7, 11) is 0. The van der Waals surface area contributed by atoms with Gasteiger partial charge in [-0.25, -0.2) is 4.68 Å². The fourth-order valence-corrected chi connectivity index (χ4v) is 3.59. The van der Waals surface area contributed by atoms with Gasteiger partial charge >= 0.3 is 0 Å². The molecule has 0 aliphatic rings. The molecule has 0 atom stereocenters. The normalized spacial score (nSPS) is 12.1. The van der Waals surface area contributed by atoms with Gasteiger partial charge in [0.15, 0.2) is 0 Å². The number of nitrogens with zero attached hydrogens (tertiary/aromatic N) is 3. The summed E-state index contributed by atoms with van der Waals surface area (Å²) in [6.45, 7) is 0.611. The second-order valence-electron chi connectivity index (χ2n) is 5.89. The largest absolute Gasteiger partial charge is 0.360 e. The molecule has 0 saturated heterocycles. The number of hydrogen-bond donors (Lipinski definition) is 1. The molecule has 0 unspecified atom stereocenters. The van der Waals surface area contributed by atoms with E-state index in [1.807, 2.05) is 65.5 Å². The molecule has 0 aliphatic heterocycles. The van der Waals surface area contributed by atoms with Gasteiger partial charge in [-0.15, -0.1) is 11.3 Å². The Bertz CT molecular complexity index is 1090. The quantitative estimate of drug-likeness (QED) is 0.455. The molecule has 4 nitrogen and oxygen atoms in total. The number of benzene rings is 2. The Kier molecular flexibility index (Phi) is 5.32. The van der Waals surface area contributed by atoms with Gasteiger partial charge < -0.3 is 4.98 Å². The predicted molar refractivity (Wildman–Crippen MR) is 112 cm³/mol. The van der Waals surface area contributed by atoms with E-state index in [9.17, 15) is 0 Å². The lowest BCUT2D eigenvalue weighted by Gasteiger charge is -2.03. The lowest BCUT2D eigenvalue weighted by molar-refractivity contribution is 0.824. The maximum absolute atomic E-state index is 6.03. The molecule has 6 heteroatoms. The van der Waals surface area contributed by atoms with Crippen LogP contribution in [0.15, 0.2) is 88.4 Å². The molecule has 134 valence electrons. The van der Waals surface area contributed by atoms with E-state index in [-0.39, 0.29) is 0 Å². The van der Waals surface area contributed by atoms with E-state index in [1.165, 1.54) is 5.56 Å². The van der Waals surface area contributed by atoms with E-state index in [0.29, 0.717) is 11.6 Å². The van der Waals surface area contributed by atoms with Gasteiger partial charge in [0.1, 0.15) is 0 Å². The topological polar surface area (TPSA) is 45.4 Å². The average Bonchev–Trinajstić information content (AvgIpc) is 3.36. The number of H-pyrrole nitrogens is 1. The number of aromatic amines is 1. The highest BCUT2D eigenvalue weighted by molar-refractivity contribution is 7.07. The summed E-state index contributed by atoms with van der Waals surface area (Å²) >= 11 is 7.60. The van der Waals surface area contributed by atoms with Crippen LogP contribution in [0.2, 0.25) is 5.02 Å². The molecular formula is C21H17ClN4S. The van der Waals surface area contributed by atoms with E-state index in [0.717, 1.165) is 21.8 Å². The monoisotopic (exact) mass is 392 g/mol. The van der Waals surface area contributed by atoms with Gasteiger partial charge in [0.25, 0.3) is 0 Å². The lowest BCUT2D eigenvalue weighted by atomic mass is 10.2. The molecular weight excluding hydrogens is 376 g/mol. The van der Waals surface area contributed by atoms with Crippen LogP contribution in [0.5, 0.6) is 0 Å². The van der Waals surface area contributed by atoms with E-state index in [2.05, 4.69) is 27.6 Å². The fourth-order valence-electron chi connectivity index (χ4n) is 2.63. The van der Waals surface area contributed by atoms with Crippen molar-refractivity contribution < 1.29 is 0 Å². The van der Waals surface area contributed by atoms with Crippen LogP contribution in [0.3, 0.4) is 0 Å². The van der Waals surface area contributed by atoms with E-state index in [4.69, 9.17) is 16.6 Å². The second-order valence-corrected chi connectivity index (χ2v) is 7.17. The summed E-state index contributed by atoms with van der Waals surface area (Å²) < 4.78 is 1.87. The van der Waals surface area contributed by atoms with Crippen molar-refractivity contribution in [3.05, 3.63) is 99.4 Å². The molecule has 0 aliphatic carbocycles.